The largest absolute Gasteiger partial charge is 0.378 e. The average Bonchev–Trinajstić information content (AvgIpc) is 2.45. The first-order valence-electron chi connectivity index (χ1n) is 7.22. The van der Waals surface area contributed by atoms with Gasteiger partial charge in [-0.3, -0.25) is 9.59 Å². The number of hydrogen-bond donors (Lipinski definition) is 2. The van der Waals surface area contributed by atoms with Crippen LogP contribution in [0.15, 0.2) is 24.3 Å². The summed E-state index contributed by atoms with van der Waals surface area (Å²) in [7, 11) is 3.98. The number of rotatable bonds is 6. The first-order chi connectivity index (χ1) is 9.90. The summed E-state index contributed by atoms with van der Waals surface area (Å²) in [5.41, 5.74) is 2.26. The van der Waals surface area contributed by atoms with Crippen molar-refractivity contribution in [2.45, 2.75) is 20.3 Å². The summed E-state index contributed by atoms with van der Waals surface area (Å²) in [6.45, 7) is 4.93. The van der Waals surface area contributed by atoms with E-state index in [0.717, 1.165) is 11.3 Å². The summed E-state index contributed by atoms with van der Waals surface area (Å²) < 4.78 is 0. The Bertz CT molecular complexity index is 467. The molecule has 2 N–H and O–H groups in total. The Morgan fingerprint density at radius 3 is 2.14 bits per heavy atom. The lowest BCUT2D eigenvalue weighted by atomic mass is 10.1. The molecule has 0 radical (unpaired) electrons. The van der Waals surface area contributed by atoms with Crippen molar-refractivity contribution in [1.82, 2.24) is 10.6 Å². The van der Waals surface area contributed by atoms with Crippen LogP contribution >= 0.6 is 0 Å². The van der Waals surface area contributed by atoms with Crippen molar-refractivity contribution < 1.29 is 9.59 Å². The molecule has 5 heteroatoms. The summed E-state index contributed by atoms with van der Waals surface area (Å²) in [6.07, 6.45) is 0.705. The van der Waals surface area contributed by atoms with Crippen molar-refractivity contribution in [3.63, 3.8) is 0 Å². The minimum Gasteiger partial charge on any atom is -0.378 e. The lowest BCUT2D eigenvalue weighted by Gasteiger charge is -2.12. The smallest absolute Gasteiger partial charge is 0.309 e. The molecule has 0 saturated heterocycles. The van der Waals surface area contributed by atoms with Crippen LogP contribution in [0.2, 0.25) is 0 Å². The summed E-state index contributed by atoms with van der Waals surface area (Å²) in [5, 5.41) is 5.22. The third kappa shape index (κ3) is 6.29. The lowest BCUT2D eigenvalue weighted by Crippen LogP contribution is -2.41. The summed E-state index contributed by atoms with van der Waals surface area (Å²) in [4.78, 5) is 25.1. The van der Waals surface area contributed by atoms with Crippen LogP contribution in [0, 0.1) is 5.92 Å². The molecule has 1 aromatic carbocycles. The van der Waals surface area contributed by atoms with Gasteiger partial charge < -0.3 is 15.5 Å². The third-order valence-corrected chi connectivity index (χ3v) is 3.03. The number of hydrogen-bond acceptors (Lipinski definition) is 3. The molecule has 21 heavy (non-hydrogen) atoms. The first kappa shape index (κ1) is 17.0. The first-order valence-corrected chi connectivity index (χ1v) is 7.22. The molecular formula is C16H25N3O2. The van der Waals surface area contributed by atoms with E-state index in [4.69, 9.17) is 0 Å². The Morgan fingerprint density at radius 1 is 1.05 bits per heavy atom. The lowest BCUT2D eigenvalue weighted by molar-refractivity contribution is -0.139. The van der Waals surface area contributed by atoms with Crippen LogP contribution < -0.4 is 15.5 Å². The Balaban J connectivity index is 2.32. The summed E-state index contributed by atoms with van der Waals surface area (Å²) >= 11 is 0. The van der Waals surface area contributed by atoms with Crippen molar-refractivity contribution in [1.29, 1.82) is 0 Å². The van der Waals surface area contributed by atoms with Crippen molar-refractivity contribution in [3.05, 3.63) is 29.8 Å². The molecule has 116 valence electrons. The van der Waals surface area contributed by atoms with E-state index < -0.39 is 11.8 Å². The molecule has 0 saturated carbocycles. The van der Waals surface area contributed by atoms with Crippen molar-refractivity contribution in [2.75, 3.05) is 32.1 Å². The van der Waals surface area contributed by atoms with E-state index in [1.54, 1.807) is 0 Å². The minimum absolute atomic E-state index is 0.331. The van der Waals surface area contributed by atoms with Gasteiger partial charge in [0.05, 0.1) is 0 Å². The number of carbonyl (C=O) groups excluding carboxylic acids is 2. The zero-order chi connectivity index (χ0) is 15.8. The normalized spacial score (nSPS) is 10.3. The number of amides is 2. The fourth-order valence-corrected chi connectivity index (χ4v) is 1.74. The van der Waals surface area contributed by atoms with E-state index >= 15 is 0 Å². The molecule has 0 aromatic heterocycles. The number of nitrogens with zero attached hydrogens (tertiary/aromatic N) is 1. The van der Waals surface area contributed by atoms with Gasteiger partial charge in [0.15, 0.2) is 0 Å². The van der Waals surface area contributed by atoms with Crippen LogP contribution in [0.3, 0.4) is 0 Å². The third-order valence-electron chi connectivity index (χ3n) is 3.03. The van der Waals surface area contributed by atoms with Gasteiger partial charge in [-0.05, 0) is 30.0 Å². The Labute approximate surface area is 126 Å². The standard InChI is InChI=1S/C16H25N3O2/c1-12(2)11-18-16(21)15(20)17-10-9-13-5-7-14(8-6-13)19(3)4/h5-8,12H,9-11H2,1-4H3,(H,17,20)(H,18,21). The van der Waals surface area contributed by atoms with Gasteiger partial charge in [-0.15, -0.1) is 0 Å². The number of benzene rings is 1. The maximum atomic E-state index is 11.6. The summed E-state index contributed by atoms with van der Waals surface area (Å²) in [5.74, 6) is -0.802. The van der Waals surface area contributed by atoms with Gasteiger partial charge in [0.25, 0.3) is 0 Å². The van der Waals surface area contributed by atoms with Crippen molar-refractivity contribution >= 4 is 17.5 Å². The van der Waals surface area contributed by atoms with Crippen LogP contribution in [0.4, 0.5) is 5.69 Å². The fraction of sp³-hybridized carbons (Fsp3) is 0.500. The second-order valence-corrected chi connectivity index (χ2v) is 5.67. The number of carbonyl (C=O) groups is 2. The number of nitrogens with one attached hydrogen (secondary N) is 2. The summed E-state index contributed by atoms with van der Waals surface area (Å²) in [6, 6.07) is 8.12. The van der Waals surface area contributed by atoms with Gasteiger partial charge in [0, 0.05) is 32.9 Å². The molecule has 1 aromatic rings. The topological polar surface area (TPSA) is 61.4 Å². The van der Waals surface area contributed by atoms with Gasteiger partial charge in [-0.1, -0.05) is 26.0 Å². The zero-order valence-electron chi connectivity index (χ0n) is 13.3. The quantitative estimate of drug-likeness (QED) is 0.774. The van der Waals surface area contributed by atoms with E-state index in [9.17, 15) is 9.59 Å². The van der Waals surface area contributed by atoms with Gasteiger partial charge in [-0.2, -0.15) is 0 Å². The van der Waals surface area contributed by atoms with Gasteiger partial charge in [0.1, 0.15) is 0 Å². The molecule has 0 fully saturated rings. The van der Waals surface area contributed by atoms with E-state index in [1.165, 1.54) is 0 Å². The zero-order valence-corrected chi connectivity index (χ0v) is 13.3. The SMILES string of the molecule is CC(C)CNC(=O)C(=O)NCCc1ccc(N(C)C)cc1. The molecule has 0 aliphatic heterocycles. The van der Waals surface area contributed by atoms with E-state index in [2.05, 4.69) is 10.6 Å². The Hall–Kier alpha value is -2.04. The Morgan fingerprint density at radius 2 is 1.62 bits per heavy atom. The minimum atomic E-state index is -0.569. The van der Waals surface area contributed by atoms with Gasteiger partial charge >= 0.3 is 11.8 Å². The molecular weight excluding hydrogens is 266 g/mol. The predicted octanol–water partition coefficient (Wildman–Crippen LogP) is 1.18. The van der Waals surface area contributed by atoms with Gasteiger partial charge in [-0.25, -0.2) is 0 Å². The molecule has 1 rings (SSSR count). The highest BCUT2D eigenvalue weighted by molar-refractivity contribution is 6.35. The second kappa shape index (κ2) is 8.29. The maximum Gasteiger partial charge on any atom is 0.309 e. The predicted molar refractivity (Wildman–Crippen MR) is 85.3 cm³/mol. The van der Waals surface area contributed by atoms with Crippen LogP contribution in [-0.4, -0.2) is 39.0 Å². The van der Waals surface area contributed by atoms with Gasteiger partial charge in [0.2, 0.25) is 0 Å². The molecule has 5 nitrogen and oxygen atoms in total. The van der Waals surface area contributed by atoms with Crippen molar-refractivity contribution in [2.24, 2.45) is 5.92 Å². The maximum absolute atomic E-state index is 11.6. The molecule has 0 aliphatic carbocycles. The molecule has 0 bridgehead atoms. The van der Waals surface area contributed by atoms with E-state index in [0.29, 0.717) is 25.4 Å². The second-order valence-electron chi connectivity index (χ2n) is 5.67. The van der Waals surface area contributed by atoms with Crippen LogP contribution in [0.25, 0.3) is 0 Å². The van der Waals surface area contributed by atoms with Crippen LogP contribution in [0.5, 0.6) is 0 Å². The monoisotopic (exact) mass is 291 g/mol. The highest BCUT2D eigenvalue weighted by atomic mass is 16.2. The molecule has 2 amide bonds. The van der Waals surface area contributed by atoms with Crippen LogP contribution in [0.1, 0.15) is 19.4 Å². The molecule has 0 unspecified atom stereocenters. The molecule has 0 aliphatic rings. The average molecular weight is 291 g/mol. The van der Waals surface area contributed by atoms with Crippen LogP contribution in [-0.2, 0) is 16.0 Å². The number of anilines is 1. The van der Waals surface area contributed by atoms with Crippen molar-refractivity contribution in [3.8, 4) is 0 Å². The molecule has 0 spiro atoms. The highest BCUT2D eigenvalue weighted by Gasteiger charge is 2.12. The van der Waals surface area contributed by atoms with E-state index in [-0.39, 0.29) is 0 Å². The Kier molecular flexibility index (Phi) is 6.72. The fourth-order valence-electron chi connectivity index (χ4n) is 1.74. The van der Waals surface area contributed by atoms with E-state index in [1.807, 2.05) is 57.1 Å². The molecule has 0 heterocycles. The highest BCUT2D eigenvalue weighted by Crippen LogP contribution is 2.12. The molecule has 0 atom stereocenters.